The molecule has 7 heteroatoms. The average Bonchev–Trinajstić information content (AvgIpc) is 2.83. The molecule has 6 nitrogen and oxygen atoms in total. The zero-order valence-corrected chi connectivity index (χ0v) is 10.9. The van der Waals surface area contributed by atoms with E-state index in [-0.39, 0.29) is 4.90 Å². The van der Waals surface area contributed by atoms with Gasteiger partial charge >= 0.3 is 0 Å². The van der Waals surface area contributed by atoms with Crippen LogP contribution in [0, 0.1) is 6.92 Å². The molecule has 0 saturated carbocycles. The first-order valence-corrected chi connectivity index (χ1v) is 6.98. The number of hydrogen-bond acceptors (Lipinski definition) is 5. The summed E-state index contributed by atoms with van der Waals surface area (Å²) in [5, 5.41) is 0. The molecule has 0 fully saturated rings. The maximum atomic E-state index is 12.5. The third-order valence-electron chi connectivity index (χ3n) is 2.77. The maximum absolute atomic E-state index is 12.5. The second-order valence-electron chi connectivity index (χ2n) is 4.09. The van der Waals surface area contributed by atoms with Crippen LogP contribution in [-0.4, -0.2) is 27.3 Å². The molecular formula is C12H10N4O2S. The van der Waals surface area contributed by atoms with E-state index in [1.807, 2.05) is 6.92 Å². The van der Waals surface area contributed by atoms with Crippen molar-refractivity contribution in [2.24, 2.45) is 0 Å². The van der Waals surface area contributed by atoms with E-state index in [1.54, 1.807) is 24.3 Å². The van der Waals surface area contributed by atoms with Gasteiger partial charge in [-0.05, 0) is 19.1 Å². The summed E-state index contributed by atoms with van der Waals surface area (Å²) >= 11 is 0. The molecule has 1 aromatic carbocycles. The van der Waals surface area contributed by atoms with Crippen LogP contribution in [0.15, 0.2) is 48.0 Å². The Hall–Kier alpha value is -2.28. The van der Waals surface area contributed by atoms with E-state index >= 15 is 0 Å². The van der Waals surface area contributed by atoms with E-state index in [0.29, 0.717) is 11.2 Å². The maximum Gasteiger partial charge on any atom is 0.269 e. The molecule has 0 aliphatic rings. The van der Waals surface area contributed by atoms with Gasteiger partial charge in [0, 0.05) is 0 Å². The molecule has 2 aromatic heterocycles. The number of aryl methyl sites for hydroxylation is 1. The third-order valence-corrected chi connectivity index (χ3v) is 4.45. The molecule has 0 amide bonds. The summed E-state index contributed by atoms with van der Waals surface area (Å²) in [4.78, 5) is 11.9. The van der Waals surface area contributed by atoms with Gasteiger partial charge in [-0.25, -0.2) is 27.3 Å². The Bertz CT molecular complexity index is 838. The first kappa shape index (κ1) is 11.8. The number of rotatable bonds is 2. The largest absolute Gasteiger partial charge is 0.269 e. The van der Waals surface area contributed by atoms with E-state index in [0.717, 1.165) is 9.54 Å². The van der Waals surface area contributed by atoms with Crippen molar-refractivity contribution in [1.82, 2.24) is 18.9 Å². The molecule has 0 aliphatic carbocycles. The first-order chi connectivity index (χ1) is 9.09. The third kappa shape index (κ3) is 1.88. The van der Waals surface area contributed by atoms with E-state index < -0.39 is 10.0 Å². The SMILES string of the molecule is Cc1ccc(S(=O)(=O)n2cnc3ncncc32)cc1. The Morgan fingerprint density at radius 2 is 1.84 bits per heavy atom. The van der Waals surface area contributed by atoms with Gasteiger partial charge in [0.15, 0.2) is 5.65 Å². The molecule has 0 bridgehead atoms. The predicted octanol–water partition coefficient (Wildman–Crippen LogP) is 1.37. The van der Waals surface area contributed by atoms with Crippen molar-refractivity contribution in [1.29, 1.82) is 0 Å². The Balaban J connectivity index is 2.22. The summed E-state index contributed by atoms with van der Waals surface area (Å²) in [5.74, 6) is 0. The molecule has 96 valence electrons. The van der Waals surface area contributed by atoms with Gasteiger partial charge in [-0.15, -0.1) is 0 Å². The zero-order chi connectivity index (χ0) is 13.5. The minimum absolute atomic E-state index is 0.209. The van der Waals surface area contributed by atoms with Gasteiger partial charge in [-0.2, -0.15) is 0 Å². The molecule has 0 aliphatic heterocycles. The molecule has 0 spiro atoms. The summed E-state index contributed by atoms with van der Waals surface area (Å²) in [6.45, 7) is 1.90. The smallest absolute Gasteiger partial charge is 0.242 e. The minimum atomic E-state index is -3.66. The van der Waals surface area contributed by atoms with Gasteiger partial charge in [-0.3, -0.25) is 0 Å². The highest BCUT2D eigenvalue weighted by Gasteiger charge is 2.19. The van der Waals surface area contributed by atoms with Crippen LogP contribution in [0.4, 0.5) is 0 Å². The van der Waals surface area contributed by atoms with Crippen molar-refractivity contribution in [2.45, 2.75) is 11.8 Å². The lowest BCUT2D eigenvalue weighted by Crippen LogP contribution is -2.11. The Morgan fingerprint density at radius 3 is 2.58 bits per heavy atom. The van der Waals surface area contributed by atoms with Crippen LogP contribution in [0.5, 0.6) is 0 Å². The molecule has 2 heterocycles. The molecular weight excluding hydrogens is 264 g/mol. The number of hydrogen-bond donors (Lipinski definition) is 0. The van der Waals surface area contributed by atoms with E-state index in [9.17, 15) is 8.42 Å². The van der Waals surface area contributed by atoms with Gasteiger partial charge in [0.25, 0.3) is 10.0 Å². The fraction of sp³-hybridized carbons (Fsp3) is 0.0833. The summed E-state index contributed by atoms with van der Waals surface area (Å²) in [6.07, 6.45) is 4.01. The van der Waals surface area contributed by atoms with Crippen LogP contribution in [0.2, 0.25) is 0 Å². The van der Waals surface area contributed by atoms with Crippen LogP contribution in [0.25, 0.3) is 11.2 Å². The van der Waals surface area contributed by atoms with Crippen LogP contribution < -0.4 is 0 Å². The van der Waals surface area contributed by atoms with Gasteiger partial charge in [0.2, 0.25) is 0 Å². The van der Waals surface area contributed by atoms with Crippen molar-refractivity contribution in [3.63, 3.8) is 0 Å². The van der Waals surface area contributed by atoms with E-state index in [4.69, 9.17) is 0 Å². The molecule has 19 heavy (non-hydrogen) atoms. The minimum Gasteiger partial charge on any atom is -0.242 e. The number of benzene rings is 1. The normalized spacial score (nSPS) is 11.8. The fourth-order valence-corrected chi connectivity index (χ4v) is 3.02. The molecule has 0 saturated heterocycles. The zero-order valence-electron chi connectivity index (χ0n) is 10.1. The van der Waals surface area contributed by atoms with Crippen molar-refractivity contribution in [2.75, 3.05) is 0 Å². The lowest BCUT2D eigenvalue weighted by molar-refractivity contribution is 0.588. The molecule has 0 radical (unpaired) electrons. The highest BCUT2D eigenvalue weighted by atomic mass is 32.2. The quantitative estimate of drug-likeness (QED) is 0.705. The summed E-state index contributed by atoms with van der Waals surface area (Å²) in [5.41, 5.74) is 1.71. The van der Waals surface area contributed by atoms with Gasteiger partial charge < -0.3 is 0 Å². The van der Waals surface area contributed by atoms with E-state index in [2.05, 4.69) is 15.0 Å². The van der Waals surface area contributed by atoms with Crippen molar-refractivity contribution in [3.8, 4) is 0 Å². The predicted molar refractivity (Wildman–Crippen MR) is 69.1 cm³/mol. The van der Waals surface area contributed by atoms with Crippen LogP contribution in [-0.2, 0) is 10.0 Å². The second-order valence-corrected chi connectivity index (χ2v) is 5.91. The molecule has 0 unspecified atom stereocenters. The van der Waals surface area contributed by atoms with Crippen LogP contribution in [0.3, 0.4) is 0 Å². The fourth-order valence-electron chi connectivity index (χ4n) is 1.76. The monoisotopic (exact) mass is 274 g/mol. The van der Waals surface area contributed by atoms with Crippen LogP contribution >= 0.6 is 0 Å². The van der Waals surface area contributed by atoms with Gasteiger partial charge in [-0.1, -0.05) is 17.7 Å². The average molecular weight is 274 g/mol. The summed E-state index contributed by atoms with van der Waals surface area (Å²) in [7, 11) is -3.66. The molecule has 0 N–H and O–H groups in total. The second kappa shape index (κ2) is 4.13. The Morgan fingerprint density at radius 1 is 1.11 bits per heavy atom. The first-order valence-electron chi connectivity index (χ1n) is 5.54. The Kier molecular flexibility index (Phi) is 2.56. The molecule has 3 aromatic rings. The topological polar surface area (TPSA) is 77.7 Å². The standard InChI is InChI=1S/C12H10N4O2S/c1-9-2-4-10(5-3-9)19(17,18)16-8-15-12-11(16)6-13-7-14-12/h2-8H,1H3. The highest BCUT2D eigenvalue weighted by molar-refractivity contribution is 7.90. The van der Waals surface area contributed by atoms with Gasteiger partial charge in [0.1, 0.15) is 18.2 Å². The van der Waals surface area contributed by atoms with Gasteiger partial charge in [0.05, 0.1) is 11.1 Å². The molecule has 3 rings (SSSR count). The number of aromatic nitrogens is 4. The molecule has 0 atom stereocenters. The number of fused-ring (bicyclic) bond motifs is 1. The van der Waals surface area contributed by atoms with Crippen molar-refractivity contribution < 1.29 is 8.42 Å². The number of imidazole rings is 1. The summed E-state index contributed by atoms with van der Waals surface area (Å²) < 4.78 is 26.1. The lowest BCUT2D eigenvalue weighted by Gasteiger charge is -2.06. The van der Waals surface area contributed by atoms with Crippen molar-refractivity contribution >= 4 is 21.2 Å². The van der Waals surface area contributed by atoms with E-state index in [1.165, 1.54) is 18.9 Å². The highest BCUT2D eigenvalue weighted by Crippen LogP contribution is 2.18. The number of nitrogens with zero attached hydrogens (tertiary/aromatic N) is 4. The van der Waals surface area contributed by atoms with Crippen LogP contribution in [0.1, 0.15) is 5.56 Å². The Labute approximate surface area is 109 Å². The summed E-state index contributed by atoms with van der Waals surface area (Å²) in [6, 6.07) is 6.64. The lowest BCUT2D eigenvalue weighted by atomic mass is 10.2. The van der Waals surface area contributed by atoms with Crippen molar-refractivity contribution in [3.05, 3.63) is 48.7 Å².